The molecule has 0 fully saturated rings. The van der Waals surface area contributed by atoms with Gasteiger partial charge >= 0.3 is 0 Å². The van der Waals surface area contributed by atoms with E-state index in [9.17, 15) is 16.8 Å². The summed E-state index contributed by atoms with van der Waals surface area (Å²) in [5.41, 5.74) is 1.23. The Hall–Kier alpha value is -2.58. The van der Waals surface area contributed by atoms with Gasteiger partial charge in [-0.1, -0.05) is 24.3 Å². The molecule has 0 saturated carbocycles. The summed E-state index contributed by atoms with van der Waals surface area (Å²) in [6, 6.07) is 13.4. The number of methoxy groups -OCH3 is 2. The lowest BCUT2D eigenvalue weighted by atomic mass is 10.2. The first-order chi connectivity index (χ1) is 12.7. The molecule has 0 N–H and O–H groups in total. The monoisotopic (exact) mass is 408 g/mol. The van der Waals surface area contributed by atoms with Crippen molar-refractivity contribution in [1.29, 1.82) is 0 Å². The number of hydrogen-bond acceptors (Lipinski definition) is 6. The minimum Gasteiger partial charge on any atom is -0.497 e. The molecule has 0 spiro atoms. The van der Waals surface area contributed by atoms with Crippen molar-refractivity contribution in [2.45, 2.75) is 0 Å². The third-order valence-corrected chi connectivity index (χ3v) is 7.23. The van der Waals surface area contributed by atoms with E-state index in [2.05, 4.69) is 0 Å². The predicted molar refractivity (Wildman–Crippen MR) is 107 cm³/mol. The van der Waals surface area contributed by atoms with E-state index in [-0.39, 0.29) is 0 Å². The van der Waals surface area contributed by atoms with Gasteiger partial charge in [0.2, 0.25) is 0 Å². The molecular weight excluding hydrogens is 388 g/mol. The fraction of sp³-hybridized carbons (Fsp3) is 0.158. The van der Waals surface area contributed by atoms with E-state index in [1.165, 1.54) is 26.4 Å². The van der Waals surface area contributed by atoms with E-state index in [4.69, 9.17) is 9.47 Å². The molecule has 27 heavy (non-hydrogen) atoms. The summed E-state index contributed by atoms with van der Waals surface area (Å²) in [6.07, 6.45) is 2.69. The summed E-state index contributed by atoms with van der Waals surface area (Å²) in [5.74, 6) is 1.28. The van der Waals surface area contributed by atoms with Gasteiger partial charge in [-0.05, 0) is 47.5 Å². The van der Waals surface area contributed by atoms with Crippen molar-refractivity contribution < 1.29 is 26.3 Å². The zero-order chi connectivity index (χ0) is 19.9. The SMILES string of the molecule is COc1ccc(/C=C/S(=O)(=O)CS(=O)(=O)/C=C/c2ccc(OC)cc2)cc1. The summed E-state index contributed by atoms with van der Waals surface area (Å²) in [4.78, 5) is 0. The highest BCUT2D eigenvalue weighted by molar-refractivity contribution is 8.10. The molecule has 0 saturated heterocycles. The molecule has 8 heteroatoms. The number of hydrogen-bond donors (Lipinski definition) is 0. The minimum absolute atomic E-state index is 0.616. The molecule has 0 bridgehead atoms. The molecule has 0 radical (unpaired) electrons. The molecule has 0 unspecified atom stereocenters. The Bertz CT molecular complexity index is 931. The standard InChI is InChI=1S/C19H20O6S2/c1-24-18-7-3-16(4-8-18)11-13-26(20,21)15-27(22,23)14-12-17-5-9-19(25-2)10-6-17/h3-14H,15H2,1-2H3/b13-11+,14-12+. The summed E-state index contributed by atoms with van der Waals surface area (Å²) in [6.45, 7) is 0. The Morgan fingerprint density at radius 3 is 1.30 bits per heavy atom. The van der Waals surface area contributed by atoms with Crippen LogP contribution in [0.3, 0.4) is 0 Å². The maximum Gasteiger partial charge on any atom is 0.186 e. The second-order valence-electron chi connectivity index (χ2n) is 5.60. The Labute approximate surface area is 159 Å². The summed E-state index contributed by atoms with van der Waals surface area (Å²) in [5, 5.41) is 0.792. The van der Waals surface area contributed by atoms with Crippen LogP contribution >= 0.6 is 0 Å². The summed E-state index contributed by atoms with van der Waals surface area (Å²) < 4.78 is 58.4. The van der Waals surface area contributed by atoms with Crippen molar-refractivity contribution in [2.24, 2.45) is 0 Å². The van der Waals surface area contributed by atoms with Crippen LogP contribution in [0.5, 0.6) is 11.5 Å². The first-order valence-electron chi connectivity index (χ1n) is 7.83. The van der Waals surface area contributed by atoms with Gasteiger partial charge in [0, 0.05) is 10.8 Å². The quantitative estimate of drug-likeness (QED) is 0.667. The molecule has 2 aromatic rings. The van der Waals surface area contributed by atoms with Crippen molar-refractivity contribution in [2.75, 3.05) is 19.3 Å². The van der Waals surface area contributed by atoms with Crippen molar-refractivity contribution in [3.63, 3.8) is 0 Å². The molecule has 0 atom stereocenters. The third-order valence-electron chi connectivity index (χ3n) is 3.50. The number of ether oxygens (including phenoxy) is 2. The van der Waals surface area contributed by atoms with E-state index in [0.29, 0.717) is 22.6 Å². The van der Waals surface area contributed by atoms with Gasteiger partial charge in [-0.3, -0.25) is 0 Å². The maximum absolute atomic E-state index is 12.1. The molecule has 0 heterocycles. The molecule has 0 amide bonds. The topological polar surface area (TPSA) is 86.7 Å². The normalized spacial score (nSPS) is 12.5. The average Bonchev–Trinajstić information content (AvgIpc) is 2.65. The smallest absolute Gasteiger partial charge is 0.186 e. The molecule has 2 aromatic carbocycles. The van der Waals surface area contributed by atoms with E-state index >= 15 is 0 Å². The average molecular weight is 408 g/mol. The summed E-state index contributed by atoms with van der Waals surface area (Å²) >= 11 is 0. The van der Waals surface area contributed by atoms with Crippen LogP contribution in [0.4, 0.5) is 0 Å². The van der Waals surface area contributed by atoms with Gasteiger partial charge in [-0.2, -0.15) is 0 Å². The van der Waals surface area contributed by atoms with Crippen LogP contribution in [0, 0.1) is 0 Å². The number of rotatable bonds is 8. The van der Waals surface area contributed by atoms with Crippen molar-refractivity contribution in [3.05, 3.63) is 70.5 Å². The lowest BCUT2D eigenvalue weighted by Gasteiger charge is -2.01. The highest BCUT2D eigenvalue weighted by atomic mass is 32.3. The molecular formula is C19H20O6S2. The minimum atomic E-state index is -3.94. The lowest BCUT2D eigenvalue weighted by molar-refractivity contribution is 0.414. The Morgan fingerprint density at radius 2 is 1.00 bits per heavy atom. The van der Waals surface area contributed by atoms with E-state index < -0.39 is 24.8 Å². The second kappa shape index (κ2) is 8.88. The van der Waals surface area contributed by atoms with Crippen LogP contribution < -0.4 is 9.47 Å². The highest BCUT2D eigenvalue weighted by Gasteiger charge is 2.17. The van der Waals surface area contributed by atoms with E-state index in [1.807, 2.05) is 0 Å². The van der Waals surface area contributed by atoms with Crippen LogP contribution in [0.1, 0.15) is 11.1 Å². The number of benzene rings is 2. The molecule has 6 nitrogen and oxygen atoms in total. The van der Waals surface area contributed by atoms with Gasteiger partial charge in [0.25, 0.3) is 0 Å². The zero-order valence-electron chi connectivity index (χ0n) is 14.9. The van der Waals surface area contributed by atoms with E-state index in [1.54, 1.807) is 48.5 Å². The fourth-order valence-corrected chi connectivity index (χ4v) is 5.29. The molecule has 0 aliphatic rings. The van der Waals surface area contributed by atoms with Crippen LogP contribution in [-0.4, -0.2) is 36.1 Å². The van der Waals surface area contributed by atoms with Gasteiger partial charge < -0.3 is 9.47 Å². The first kappa shape index (κ1) is 20.7. The van der Waals surface area contributed by atoms with Crippen molar-refractivity contribution in [3.8, 4) is 11.5 Å². The van der Waals surface area contributed by atoms with Crippen LogP contribution in [0.2, 0.25) is 0 Å². The molecule has 0 aromatic heterocycles. The Kier molecular flexibility index (Phi) is 6.81. The number of sulfone groups is 2. The van der Waals surface area contributed by atoms with Gasteiger partial charge in [-0.15, -0.1) is 0 Å². The highest BCUT2D eigenvalue weighted by Crippen LogP contribution is 2.15. The third kappa shape index (κ3) is 6.92. The molecule has 0 aliphatic carbocycles. The van der Waals surface area contributed by atoms with Gasteiger partial charge in [-0.25, -0.2) is 16.8 Å². The fourth-order valence-electron chi connectivity index (χ4n) is 2.10. The largest absolute Gasteiger partial charge is 0.497 e. The second-order valence-corrected chi connectivity index (χ2v) is 9.73. The molecule has 0 aliphatic heterocycles. The Morgan fingerprint density at radius 1 is 0.667 bits per heavy atom. The first-order valence-corrected chi connectivity index (χ1v) is 11.3. The van der Waals surface area contributed by atoms with Crippen molar-refractivity contribution in [1.82, 2.24) is 0 Å². The van der Waals surface area contributed by atoms with Crippen LogP contribution in [0.25, 0.3) is 12.2 Å². The molecule has 144 valence electrons. The van der Waals surface area contributed by atoms with Crippen LogP contribution in [-0.2, 0) is 19.7 Å². The Balaban J connectivity index is 2.07. The van der Waals surface area contributed by atoms with Crippen LogP contribution in [0.15, 0.2) is 59.3 Å². The molecule has 2 rings (SSSR count). The predicted octanol–water partition coefficient (Wildman–Crippen LogP) is 3.13. The van der Waals surface area contributed by atoms with Gasteiger partial charge in [0.1, 0.15) is 11.5 Å². The summed E-state index contributed by atoms with van der Waals surface area (Å²) in [7, 11) is -4.82. The van der Waals surface area contributed by atoms with Gasteiger partial charge in [0.15, 0.2) is 24.8 Å². The lowest BCUT2D eigenvalue weighted by Crippen LogP contribution is -2.11. The van der Waals surface area contributed by atoms with Crippen molar-refractivity contribution >= 4 is 31.8 Å². The van der Waals surface area contributed by atoms with Gasteiger partial charge in [0.05, 0.1) is 14.2 Å². The zero-order valence-corrected chi connectivity index (χ0v) is 16.5. The van der Waals surface area contributed by atoms with E-state index in [0.717, 1.165) is 10.8 Å². The maximum atomic E-state index is 12.1.